The molecule has 4 aromatic rings. The van der Waals surface area contributed by atoms with Crippen molar-refractivity contribution in [3.05, 3.63) is 63.6 Å². The molecule has 0 saturated heterocycles. The molecule has 5 rings (SSSR count). The highest BCUT2D eigenvalue weighted by Gasteiger charge is 2.21. The molecular weight excluding hydrogens is 372 g/mol. The zero-order chi connectivity index (χ0) is 20.8. The largest absolute Gasteiger partial charge is 0.367 e. The summed E-state index contributed by atoms with van der Waals surface area (Å²) in [6, 6.07) is 10.8. The Labute approximate surface area is 176 Å². The molecule has 0 aliphatic heterocycles. The molecule has 1 aliphatic carbocycles. The summed E-state index contributed by atoms with van der Waals surface area (Å²) in [7, 11) is 0. The van der Waals surface area contributed by atoms with Crippen molar-refractivity contribution in [1.82, 2.24) is 14.4 Å². The number of hydrogen-bond donors (Lipinski definition) is 2. The van der Waals surface area contributed by atoms with Crippen molar-refractivity contribution in [2.45, 2.75) is 58.9 Å². The molecule has 0 radical (unpaired) electrons. The second-order valence-corrected chi connectivity index (χ2v) is 8.78. The first-order valence-corrected chi connectivity index (χ1v) is 10.9. The van der Waals surface area contributed by atoms with Crippen LogP contribution in [0.15, 0.2) is 41.3 Å². The highest BCUT2D eigenvalue weighted by atomic mass is 16.1. The first-order valence-electron chi connectivity index (χ1n) is 10.9. The number of pyridine rings is 2. The van der Waals surface area contributed by atoms with Crippen LogP contribution in [0.3, 0.4) is 0 Å². The molecule has 154 valence electrons. The van der Waals surface area contributed by atoms with Gasteiger partial charge in [0.2, 0.25) is 0 Å². The van der Waals surface area contributed by atoms with Gasteiger partial charge in [-0.05, 0) is 74.4 Å². The summed E-state index contributed by atoms with van der Waals surface area (Å²) < 4.78 is 2.09. The minimum absolute atomic E-state index is 0.0960. The lowest BCUT2D eigenvalue weighted by Crippen LogP contribution is -2.23. The Balaban J connectivity index is 1.72. The van der Waals surface area contributed by atoms with E-state index in [1.807, 2.05) is 13.0 Å². The number of benzene rings is 1. The molecule has 1 aliphatic rings. The molecule has 30 heavy (non-hydrogen) atoms. The van der Waals surface area contributed by atoms with Crippen molar-refractivity contribution in [1.29, 1.82) is 0 Å². The van der Waals surface area contributed by atoms with Gasteiger partial charge in [0.05, 0.1) is 11.1 Å². The number of nitrogens with one attached hydrogen (secondary N) is 2. The van der Waals surface area contributed by atoms with Crippen LogP contribution in [0.2, 0.25) is 0 Å². The number of rotatable bonds is 3. The topological polar surface area (TPSA) is 62.2 Å². The van der Waals surface area contributed by atoms with E-state index in [1.165, 1.54) is 24.8 Å². The van der Waals surface area contributed by atoms with Gasteiger partial charge >= 0.3 is 0 Å². The summed E-state index contributed by atoms with van der Waals surface area (Å²) >= 11 is 0. The molecule has 1 fully saturated rings. The third kappa shape index (κ3) is 3.28. The lowest BCUT2D eigenvalue weighted by Gasteiger charge is -2.24. The predicted molar refractivity (Wildman–Crippen MR) is 123 cm³/mol. The number of aromatic nitrogens is 3. The average Bonchev–Trinajstić information content (AvgIpc) is 3.06. The van der Waals surface area contributed by atoms with Crippen molar-refractivity contribution in [3.8, 4) is 11.3 Å². The van der Waals surface area contributed by atoms with Crippen LogP contribution in [0, 0.1) is 20.8 Å². The fourth-order valence-corrected chi connectivity index (χ4v) is 4.78. The third-order valence-corrected chi connectivity index (χ3v) is 6.28. The van der Waals surface area contributed by atoms with Gasteiger partial charge in [0.25, 0.3) is 5.56 Å². The number of hydrogen-bond acceptors (Lipinski definition) is 3. The molecule has 0 spiro atoms. The van der Waals surface area contributed by atoms with Crippen LogP contribution in [-0.2, 0) is 0 Å². The summed E-state index contributed by atoms with van der Waals surface area (Å²) in [5.41, 5.74) is 6.44. The molecular formula is C25H28N4O. The number of fused-ring (bicyclic) bond motifs is 2. The molecule has 0 unspecified atom stereocenters. The predicted octanol–water partition coefficient (Wildman–Crippen LogP) is 5.51. The van der Waals surface area contributed by atoms with E-state index in [0.717, 1.165) is 52.0 Å². The Bertz CT molecular complexity index is 1310. The number of aromatic amines is 1. The van der Waals surface area contributed by atoms with E-state index in [1.54, 1.807) is 0 Å². The Kier molecular flexibility index (Phi) is 4.61. The molecule has 1 aromatic carbocycles. The van der Waals surface area contributed by atoms with E-state index in [9.17, 15) is 4.79 Å². The maximum atomic E-state index is 13.1. The average molecular weight is 401 g/mol. The van der Waals surface area contributed by atoms with Crippen molar-refractivity contribution in [2.24, 2.45) is 0 Å². The number of nitrogens with zero attached hydrogens (tertiary/aromatic N) is 2. The quantitative estimate of drug-likeness (QED) is 0.476. The minimum Gasteiger partial charge on any atom is -0.367 e. The maximum absolute atomic E-state index is 13.1. The number of H-pyrrole nitrogens is 1. The molecule has 0 amide bonds. The van der Waals surface area contributed by atoms with Crippen molar-refractivity contribution >= 4 is 22.4 Å². The lowest BCUT2D eigenvalue weighted by atomic mass is 9.95. The first-order chi connectivity index (χ1) is 14.5. The van der Waals surface area contributed by atoms with Crippen molar-refractivity contribution < 1.29 is 0 Å². The van der Waals surface area contributed by atoms with Gasteiger partial charge in [-0.2, -0.15) is 0 Å². The van der Waals surface area contributed by atoms with Gasteiger partial charge in [-0.15, -0.1) is 0 Å². The van der Waals surface area contributed by atoms with Gasteiger partial charge in [-0.3, -0.25) is 9.20 Å². The molecule has 3 heterocycles. The van der Waals surface area contributed by atoms with E-state index in [4.69, 9.17) is 4.98 Å². The molecule has 2 N–H and O–H groups in total. The SMILES string of the molecule is Cc1cc(C)c2[nH]c(=O)c(-c3nc4cc(C)ccn4c3NC3CCCCC3)cc2c1. The lowest BCUT2D eigenvalue weighted by molar-refractivity contribution is 0.462. The summed E-state index contributed by atoms with van der Waals surface area (Å²) in [5.74, 6) is 0.922. The highest BCUT2D eigenvalue weighted by Crippen LogP contribution is 2.31. The van der Waals surface area contributed by atoms with Gasteiger partial charge in [-0.1, -0.05) is 30.9 Å². The fourth-order valence-electron chi connectivity index (χ4n) is 4.78. The van der Waals surface area contributed by atoms with E-state index in [2.05, 4.69) is 59.0 Å². The summed E-state index contributed by atoms with van der Waals surface area (Å²) in [4.78, 5) is 21.1. The normalized spacial score (nSPS) is 15.2. The fraction of sp³-hybridized carbons (Fsp3) is 0.360. The highest BCUT2D eigenvalue weighted by molar-refractivity contribution is 5.88. The summed E-state index contributed by atoms with van der Waals surface area (Å²) in [5, 5.41) is 4.78. The molecule has 3 aromatic heterocycles. The van der Waals surface area contributed by atoms with Gasteiger partial charge in [0.15, 0.2) is 0 Å². The zero-order valence-electron chi connectivity index (χ0n) is 17.9. The Morgan fingerprint density at radius 1 is 1.03 bits per heavy atom. The molecule has 0 bridgehead atoms. The number of aryl methyl sites for hydroxylation is 3. The Hall–Kier alpha value is -3.08. The zero-order valence-corrected chi connectivity index (χ0v) is 17.9. The van der Waals surface area contributed by atoms with Crippen molar-refractivity contribution in [2.75, 3.05) is 5.32 Å². The van der Waals surface area contributed by atoms with Gasteiger partial charge in [-0.25, -0.2) is 4.98 Å². The van der Waals surface area contributed by atoms with Crippen molar-refractivity contribution in [3.63, 3.8) is 0 Å². The van der Waals surface area contributed by atoms with Crippen LogP contribution < -0.4 is 10.9 Å². The van der Waals surface area contributed by atoms with Crippen LogP contribution in [0.5, 0.6) is 0 Å². The number of anilines is 1. The van der Waals surface area contributed by atoms with E-state index < -0.39 is 0 Å². The smallest absolute Gasteiger partial charge is 0.258 e. The van der Waals surface area contributed by atoms with E-state index in [0.29, 0.717) is 11.6 Å². The molecule has 1 saturated carbocycles. The van der Waals surface area contributed by atoms with Gasteiger partial charge in [0.1, 0.15) is 17.2 Å². The Morgan fingerprint density at radius 2 is 1.83 bits per heavy atom. The van der Waals surface area contributed by atoms with Crippen LogP contribution in [0.1, 0.15) is 48.8 Å². The number of imidazole rings is 1. The minimum atomic E-state index is -0.0960. The molecule has 0 atom stereocenters. The van der Waals surface area contributed by atoms with Crippen LogP contribution in [0.4, 0.5) is 5.82 Å². The monoisotopic (exact) mass is 400 g/mol. The second-order valence-electron chi connectivity index (χ2n) is 8.78. The summed E-state index contributed by atoms with van der Waals surface area (Å²) in [6.07, 6.45) is 8.17. The molecule has 5 nitrogen and oxygen atoms in total. The Morgan fingerprint density at radius 3 is 2.63 bits per heavy atom. The van der Waals surface area contributed by atoms with Crippen LogP contribution >= 0.6 is 0 Å². The second kappa shape index (κ2) is 7.31. The van der Waals surface area contributed by atoms with Gasteiger partial charge < -0.3 is 10.3 Å². The van der Waals surface area contributed by atoms with E-state index >= 15 is 0 Å². The van der Waals surface area contributed by atoms with E-state index in [-0.39, 0.29) is 5.56 Å². The van der Waals surface area contributed by atoms with Gasteiger partial charge in [0, 0.05) is 12.2 Å². The van der Waals surface area contributed by atoms with Crippen LogP contribution in [0.25, 0.3) is 27.8 Å². The standard InChI is InChI=1S/C25H28N4O/c1-15-9-10-29-21(13-15)27-23(24(29)26-19-7-5-4-6-8-19)20-14-18-12-16(2)11-17(3)22(18)28-25(20)30/h9-14,19,26H,4-8H2,1-3H3,(H,28,30). The third-order valence-electron chi connectivity index (χ3n) is 6.28. The van der Waals surface area contributed by atoms with Crippen LogP contribution in [-0.4, -0.2) is 20.4 Å². The first kappa shape index (κ1) is 18.9. The summed E-state index contributed by atoms with van der Waals surface area (Å²) in [6.45, 7) is 6.19. The molecule has 5 heteroatoms. The maximum Gasteiger partial charge on any atom is 0.258 e.